The third kappa shape index (κ3) is 67.9. The van der Waals surface area contributed by atoms with Crippen LogP contribution in [0.4, 0.5) is 0 Å². The first kappa shape index (κ1) is 39.4. The minimum atomic E-state index is -1.81. The Morgan fingerprint density at radius 2 is 0.804 bits per heavy atom. The molecule has 0 unspecified atom stereocenters. The molecule has 0 bridgehead atoms. The molecule has 4 aliphatic carbocycles. The Morgan fingerprint density at radius 1 is 0.554 bits per heavy atom. The predicted molar refractivity (Wildman–Crippen MR) is 265 cm³/mol. The van der Waals surface area contributed by atoms with Gasteiger partial charge < -0.3 is 0 Å². The maximum absolute atomic E-state index is 7.63. The molecule has 0 heterocycles. The predicted octanol–water partition coefficient (Wildman–Crippen LogP) is 20.9. The Hall–Kier alpha value is -0.780. The normalized spacial score (nSPS) is 23.4. The lowest BCUT2D eigenvalue weighted by Gasteiger charge is -2.18. The van der Waals surface area contributed by atoms with Crippen molar-refractivity contribution in [3.63, 3.8) is 0 Å². The summed E-state index contributed by atoms with van der Waals surface area (Å²) in [5.74, 6) is 0.685. The number of rotatable bonds is 3. The van der Waals surface area contributed by atoms with E-state index in [9.17, 15) is 0 Å². The summed E-state index contributed by atoms with van der Waals surface area (Å²) in [6, 6.07) is 10.3. The van der Waals surface area contributed by atoms with Gasteiger partial charge in [0.15, 0.2) is 0 Å². The molecular weight excluding hydrogens is 673 g/mol. The standard InChI is InChI=1S/C8H16.C7H14.C7H8.C7H14.C6H12.C6H14.3C5H12/c1-2-8-6-4-3-5-7-8;2*1-7-5-3-2-4-6-7;1-2-7-5-3-4-6-7;1-6-4-2-3-5-6;1-5-6(2,3)4;2*1-5(2,3)4;1-4-5(2)3/h8H,2-7H2,1H3;7H,2-6H2,1H3;2-6H,1H3;7H,2-6H2,1H3;6H,2-5H2,1H3;5H2,1-4H3;2*1-4H3;5H,4H2,1-3H3/i2D2;7D;;2D2;6D;5D2;1D3;;4D2. The molecule has 0 aliphatic heterocycles. The highest BCUT2D eigenvalue weighted by atomic mass is 14.2. The number of aryl methyl sites for hydroxylation is 1. The third-order valence-corrected chi connectivity index (χ3v) is 9.21. The zero-order valence-electron chi connectivity index (χ0n) is 54.8. The van der Waals surface area contributed by atoms with Crippen LogP contribution in [0.25, 0.3) is 0 Å². The highest BCUT2D eigenvalue weighted by Crippen LogP contribution is 2.27. The summed E-state index contributed by atoms with van der Waals surface area (Å²) < 4.78 is 94.2. The van der Waals surface area contributed by atoms with Crippen LogP contribution < -0.4 is 0 Å². The molecule has 56 heavy (non-hydrogen) atoms. The second-order valence-corrected chi connectivity index (χ2v) is 20.4. The summed E-state index contributed by atoms with van der Waals surface area (Å²) in [6.07, 6.45) is 17.7. The minimum Gasteiger partial charge on any atom is -0.0651 e. The quantitative estimate of drug-likeness (QED) is 0.286. The van der Waals surface area contributed by atoms with Crippen molar-refractivity contribution in [3.8, 4) is 0 Å². The average Bonchev–Trinajstić information content (AvgIpc) is 3.84. The van der Waals surface area contributed by atoms with Crippen LogP contribution in [0, 0.1) is 52.7 Å². The van der Waals surface area contributed by atoms with E-state index in [2.05, 4.69) is 46.8 Å². The number of hydrogen-bond acceptors (Lipinski definition) is 0. The van der Waals surface area contributed by atoms with Crippen molar-refractivity contribution in [2.75, 3.05) is 0 Å². The van der Waals surface area contributed by atoms with Gasteiger partial charge in [0.05, 0.1) is 0 Å². The van der Waals surface area contributed by atoms with E-state index >= 15 is 0 Å². The molecule has 0 spiro atoms. The van der Waals surface area contributed by atoms with E-state index in [1.807, 2.05) is 66.7 Å². The van der Waals surface area contributed by atoms with E-state index in [0.29, 0.717) is 17.3 Å². The first-order valence-electron chi connectivity index (χ1n) is 29.5. The molecular formula is C56H114. The second-order valence-electron chi connectivity index (χ2n) is 20.4. The van der Waals surface area contributed by atoms with Gasteiger partial charge in [0.25, 0.3) is 0 Å². The van der Waals surface area contributed by atoms with Gasteiger partial charge in [-0.1, -0.05) is 308 Å². The van der Waals surface area contributed by atoms with Crippen molar-refractivity contribution in [1.29, 1.82) is 0 Å². The Kier molecular flexibility index (Phi) is 27.9. The fourth-order valence-corrected chi connectivity index (χ4v) is 5.27. The van der Waals surface area contributed by atoms with E-state index in [-0.39, 0.29) is 23.1 Å². The molecule has 0 saturated heterocycles. The highest BCUT2D eigenvalue weighted by Gasteiger charge is 2.11. The number of hydrogen-bond donors (Lipinski definition) is 0. The van der Waals surface area contributed by atoms with E-state index in [1.165, 1.54) is 69.8 Å². The summed E-state index contributed by atoms with van der Waals surface area (Å²) in [5, 5.41) is 0. The van der Waals surface area contributed by atoms with Crippen molar-refractivity contribution in [1.82, 2.24) is 0 Å². The zero-order valence-corrected chi connectivity index (χ0v) is 41.8. The van der Waals surface area contributed by atoms with Gasteiger partial charge in [-0.2, -0.15) is 0 Å². The maximum atomic E-state index is 7.63. The van der Waals surface area contributed by atoms with Crippen LogP contribution in [0.5, 0.6) is 0 Å². The van der Waals surface area contributed by atoms with E-state index < -0.39 is 37.8 Å². The van der Waals surface area contributed by atoms with Gasteiger partial charge in [-0.15, -0.1) is 0 Å². The smallest absolute Gasteiger partial charge is 0.0300 e. The van der Waals surface area contributed by atoms with E-state index in [4.69, 9.17) is 17.8 Å². The molecule has 0 aromatic heterocycles. The van der Waals surface area contributed by atoms with Gasteiger partial charge in [-0.3, -0.25) is 0 Å². The van der Waals surface area contributed by atoms with E-state index in [0.717, 1.165) is 51.4 Å². The molecule has 338 valence electrons. The summed E-state index contributed by atoms with van der Waals surface area (Å²) in [7, 11) is 0. The van der Waals surface area contributed by atoms with Crippen LogP contribution in [-0.2, 0) is 0 Å². The molecule has 0 atom stereocenters. The summed E-state index contributed by atoms with van der Waals surface area (Å²) in [5.41, 5.74) is 1.03. The van der Waals surface area contributed by atoms with E-state index in [1.54, 1.807) is 48.5 Å². The topological polar surface area (TPSA) is 0 Å². The molecule has 4 fully saturated rings. The molecule has 0 N–H and O–H groups in total. The van der Waals surface area contributed by atoms with Gasteiger partial charge in [0.2, 0.25) is 0 Å². The van der Waals surface area contributed by atoms with Crippen molar-refractivity contribution in [2.24, 2.45) is 45.8 Å². The Balaban J connectivity index is -0.000000346. The van der Waals surface area contributed by atoms with Gasteiger partial charge in [0.1, 0.15) is 0 Å². The largest absolute Gasteiger partial charge is 0.0651 e. The first-order valence-corrected chi connectivity index (χ1v) is 23.0. The molecule has 0 nitrogen and oxygen atoms in total. The van der Waals surface area contributed by atoms with Gasteiger partial charge in [-0.25, -0.2) is 0 Å². The molecule has 0 radical (unpaired) electrons. The Labute approximate surface area is 378 Å². The number of benzene rings is 1. The fourth-order valence-electron chi connectivity index (χ4n) is 5.27. The Morgan fingerprint density at radius 3 is 0.946 bits per heavy atom. The molecule has 0 heteroatoms. The molecule has 0 amide bonds. The highest BCUT2D eigenvalue weighted by molar-refractivity contribution is 5.11. The Bertz CT molecular complexity index is 1270. The first-order chi connectivity index (χ1) is 30.5. The molecule has 4 saturated carbocycles. The van der Waals surface area contributed by atoms with Crippen molar-refractivity contribution in [3.05, 3.63) is 35.9 Å². The summed E-state index contributed by atoms with van der Waals surface area (Å²) >= 11 is 0. The van der Waals surface area contributed by atoms with Crippen LogP contribution in [0.2, 0.25) is 0 Å². The third-order valence-electron chi connectivity index (χ3n) is 9.21. The lowest BCUT2D eigenvalue weighted by atomic mass is 9.88. The van der Waals surface area contributed by atoms with Crippen LogP contribution in [-0.4, -0.2) is 0 Å². The zero-order chi connectivity index (χ0) is 55.6. The maximum Gasteiger partial charge on any atom is 0.0300 e. The minimum absolute atomic E-state index is 0.0556. The molecule has 5 rings (SSSR count). The molecule has 1 aromatic rings. The molecule has 1 aromatic carbocycles. The fraction of sp³-hybridized carbons (Fsp3) is 0.893. The lowest BCUT2D eigenvalue weighted by molar-refractivity contribution is 0.349. The van der Waals surface area contributed by atoms with Crippen LogP contribution in [0.15, 0.2) is 30.3 Å². The van der Waals surface area contributed by atoms with Gasteiger partial charge in [0, 0.05) is 17.8 Å². The van der Waals surface area contributed by atoms with Crippen molar-refractivity contribution < 1.29 is 17.8 Å². The van der Waals surface area contributed by atoms with Gasteiger partial charge >= 0.3 is 0 Å². The summed E-state index contributed by atoms with van der Waals surface area (Å²) in [6.45, 7) is 34.3. The van der Waals surface area contributed by atoms with Crippen LogP contribution in [0.1, 0.15) is 296 Å². The average molecular weight is 801 g/mol. The lowest BCUT2D eigenvalue weighted by Crippen LogP contribution is -2.03. The monoisotopic (exact) mass is 800 g/mol. The van der Waals surface area contributed by atoms with Gasteiger partial charge in [-0.05, 0) is 52.7 Å². The van der Waals surface area contributed by atoms with Crippen molar-refractivity contribution in [2.45, 2.75) is 279 Å². The second kappa shape index (κ2) is 39.7. The van der Waals surface area contributed by atoms with Crippen LogP contribution >= 0.6 is 0 Å². The SMILES string of the molecule is CC(C)(C)C.Cc1ccccc1.[2H]C([2H])(C)C(C)(C)C.[2H]C([2H])(C)C(C)C.[2H]C([2H])(C)C1CCCC1.[2H]C([2H])(C)C1CCCCC1.[2H]C([2H])([2H])C(C)(C)C.[2H]C1(C)CCCC1.[2H]C1(C)CCCCC1. The summed E-state index contributed by atoms with van der Waals surface area (Å²) in [4.78, 5) is 0. The van der Waals surface area contributed by atoms with Crippen LogP contribution in [0.3, 0.4) is 0 Å². The van der Waals surface area contributed by atoms with Crippen molar-refractivity contribution >= 4 is 0 Å². The molecule has 4 aliphatic rings.